The van der Waals surface area contributed by atoms with E-state index >= 15 is 0 Å². The first-order valence-corrected chi connectivity index (χ1v) is 9.24. The summed E-state index contributed by atoms with van der Waals surface area (Å²) in [4.78, 5) is 26.6. The van der Waals surface area contributed by atoms with Crippen molar-refractivity contribution in [1.82, 2.24) is 15.4 Å². The standard InChI is InChI=1S/C19H22ClN3O3/c1-2-14-10-17(22-26-14)19(25)23-9-5-6-13(12-23)11-21-18(24)15-7-3-4-8-16(15)20/h3-4,7-8,10,13H,2,5-6,9,11-12H2,1H3,(H,21,24). The van der Waals surface area contributed by atoms with Crippen LogP contribution in [0.15, 0.2) is 34.9 Å². The maximum Gasteiger partial charge on any atom is 0.276 e. The zero-order valence-electron chi connectivity index (χ0n) is 14.7. The van der Waals surface area contributed by atoms with Crippen LogP contribution < -0.4 is 5.32 Å². The molecule has 26 heavy (non-hydrogen) atoms. The second kappa shape index (κ2) is 8.36. The van der Waals surface area contributed by atoms with Crippen LogP contribution in [0.5, 0.6) is 0 Å². The first kappa shape index (κ1) is 18.5. The van der Waals surface area contributed by atoms with Gasteiger partial charge in [0, 0.05) is 32.1 Å². The van der Waals surface area contributed by atoms with Crippen LogP contribution in [0.2, 0.25) is 5.02 Å². The lowest BCUT2D eigenvalue weighted by Crippen LogP contribution is -2.43. The number of halogens is 1. The minimum atomic E-state index is -0.192. The number of benzene rings is 1. The second-order valence-corrected chi connectivity index (χ2v) is 6.89. The Morgan fingerprint density at radius 2 is 2.19 bits per heavy atom. The number of likely N-dealkylation sites (tertiary alicyclic amines) is 1. The molecule has 6 nitrogen and oxygen atoms in total. The Morgan fingerprint density at radius 1 is 1.38 bits per heavy atom. The molecule has 1 fully saturated rings. The number of aromatic nitrogens is 1. The monoisotopic (exact) mass is 375 g/mol. The molecule has 2 heterocycles. The van der Waals surface area contributed by atoms with E-state index in [1.165, 1.54) is 0 Å². The van der Waals surface area contributed by atoms with Gasteiger partial charge in [0.25, 0.3) is 11.8 Å². The molecule has 1 aliphatic heterocycles. The van der Waals surface area contributed by atoms with E-state index in [1.807, 2.05) is 6.92 Å². The van der Waals surface area contributed by atoms with Crippen LogP contribution in [0.1, 0.15) is 46.4 Å². The highest BCUT2D eigenvalue weighted by Crippen LogP contribution is 2.19. The van der Waals surface area contributed by atoms with Crippen molar-refractivity contribution in [3.63, 3.8) is 0 Å². The molecule has 0 aliphatic carbocycles. The number of carbonyl (C=O) groups excluding carboxylic acids is 2. The Morgan fingerprint density at radius 3 is 2.92 bits per heavy atom. The van der Waals surface area contributed by atoms with Crippen molar-refractivity contribution in [3.8, 4) is 0 Å². The van der Waals surface area contributed by atoms with E-state index in [-0.39, 0.29) is 17.7 Å². The Bertz CT molecular complexity index is 790. The van der Waals surface area contributed by atoms with Gasteiger partial charge in [0.05, 0.1) is 10.6 Å². The van der Waals surface area contributed by atoms with E-state index in [9.17, 15) is 9.59 Å². The lowest BCUT2D eigenvalue weighted by Gasteiger charge is -2.32. The molecule has 3 rings (SSSR count). The Balaban J connectivity index is 1.56. The molecule has 1 N–H and O–H groups in total. The van der Waals surface area contributed by atoms with Crippen molar-refractivity contribution in [1.29, 1.82) is 0 Å². The van der Waals surface area contributed by atoms with Crippen LogP contribution in [0.3, 0.4) is 0 Å². The van der Waals surface area contributed by atoms with E-state index in [0.29, 0.717) is 48.1 Å². The van der Waals surface area contributed by atoms with E-state index in [0.717, 1.165) is 12.8 Å². The molecule has 1 saturated heterocycles. The Kier molecular flexibility index (Phi) is 5.93. The molecule has 138 valence electrons. The largest absolute Gasteiger partial charge is 0.361 e. The summed E-state index contributed by atoms with van der Waals surface area (Å²) in [5, 5.41) is 7.22. The lowest BCUT2D eigenvalue weighted by molar-refractivity contribution is 0.0660. The number of nitrogens with zero attached hydrogens (tertiary/aromatic N) is 2. The Labute approximate surface area is 157 Å². The summed E-state index contributed by atoms with van der Waals surface area (Å²) in [6.07, 6.45) is 2.57. The molecule has 2 aromatic rings. The number of carbonyl (C=O) groups is 2. The summed E-state index contributed by atoms with van der Waals surface area (Å²) in [5.74, 6) is 0.601. The lowest BCUT2D eigenvalue weighted by atomic mass is 9.97. The predicted octanol–water partition coefficient (Wildman–Crippen LogP) is 3.17. The fourth-order valence-corrected chi connectivity index (χ4v) is 3.36. The molecule has 1 aliphatic rings. The van der Waals surface area contributed by atoms with Gasteiger partial charge in [-0.25, -0.2) is 0 Å². The molecular formula is C19H22ClN3O3. The average Bonchev–Trinajstić information content (AvgIpc) is 3.15. The Hall–Kier alpha value is -2.34. The molecule has 0 saturated carbocycles. The van der Waals surface area contributed by atoms with Crippen LogP contribution in [0, 0.1) is 5.92 Å². The zero-order valence-corrected chi connectivity index (χ0v) is 15.5. The number of nitrogens with one attached hydrogen (secondary N) is 1. The van der Waals surface area contributed by atoms with E-state index < -0.39 is 0 Å². The van der Waals surface area contributed by atoms with Crippen molar-refractivity contribution < 1.29 is 14.1 Å². The van der Waals surface area contributed by atoms with Crippen LogP contribution in [0.4, 0.5) is 0 Å². The molecule has 2 amide bonds. The van der Waals surface area contributed by atoms with Gasteiger partial charge in [-0.3, -0.25) is 9.59 Å². The van der Waals surface area contributed by atoms with Crippen molar-refractivity contribution >= 4 is 23.4 Å². The number of amides is 2. The third-order valence-electron chi connectivity index (χ3n) is 4.60. The maximum atomic E-state index is 12.6. The van der Waals surface area contributed by atoms with Gasteiger partial charge in [-0.05, 0) is 30.9 Å². The number of hydrogen-bond donors (Lipinski definition) is 1. The van der Waals surface area contributed by atoms with E-state index in [1.54, 1.807) is 35.2 Å². The van der Waals surface area contributed by atoms with E-state index in [4.69, 9.17) is 16.1 Å². The quantitative estimate of drug-likeness (QED) is 0.870. The van der Waals surface area contributed by atoms with Crippen molar-refractivity contribution in [3.05, 3.63) is 52.4 Å². The van der Waals surface area contributed by atoms with Gasteiger partial charge < -0.3 is 14.7 Å². The van der Waals surface area contributed by atoms with E-state index in [2.05, 4.69) is 10.5 Å². The first-order valence-electron chi connectivity index (χ1n) is 8.86. The first-order chi connectivity index (χ1) is 12.6. The summed E-state index contributed by atoms with van der Waals surface area (Å²) in [7, 11) is 0. The van der Waals surface area contributed by atoms with Gasteiger partial charge in [-0.2, -0.15) is 0 Å². The van der Waals surface area contributed by atoms with Crippen LogP contribution in [-0.4, -0.2) is 41.5 Å². The summed E-state index contributed by atoms with van der Waals surface area (Å²) < 4.78 is 5.12. The highest BCUT2D eigenvalue weighted by Gasteiger charge is 2.26. The SMILES string of the molecule is CCc1cc(C(=O)N2CCCC(CNC(=O)c3ccccc3Cl)C2)no1. The highest BCUT2D eigenvalue weighted by molar-refractivity contribution is 6.33. The predicted molar refractivity (Wildman–Crippen MR) is 98.3 cm³/mol. The minimum Gasteiger partial charge on any atom is -0.361 e. The van der Waals surface area contributed by atoms with Crippen LogP contribution >= 0.6 is 11.6 Å². The van der Waals surface area contributed by atoms with Gasteiger partial charge in [0.2, 0.25) is 0 Å². The fourth-order valence-electron chi connectivity index (χ4n) is 3.14. The van der Waals surface area contributed by atoms with Gasteiger partial charge in [0.1, 0.15) is 5.76 Å². The molecule has 1 unspecified atom stereocenters. The van der Waals surface area contributed by atoms with Crippen molar-refractivity contribution in [2.75, 3.05) is 19.6 Å². The summed E-state index contributed by atoms with van der Waals surface area (Å²) >= 11 is 6.06. The third-order valence-corrected chi connectivity index (χ3v) is 4.93. The number of rotatable bonds is 5. The normalized spacial score (nSPS) is 17.2. The average molecular weight is 376 g/mol. The van der Waals surface area contributed by atoms with Crippen molar-refractivity contribution in [2.45, 2.75) is 26.2 Å². The summed E-state index contributed by atoms with van der Waals surface area (Å²) in [6.45, 7) is 3.75. The van der Waals surface area contributed by atoms with Gasteiger partial charge in [-0.15, -0.1) is 0 Å². The summed E-state index contributed by atoms with van der Waals surface area (Å²) in [6, 6.07) is 8.66. The van der Waals surface area contributed by atoms with Crippen LogP contribution in [0.25, 0.3) is 0 Å². The number of hydrogen-bond acceptors (Lipinski definition) is 4. The maximum absolute atomic E-state index is 12.6. The molecule has 1 aromatic carbocycles. The third kappa shape index (κ3) is 4.25. The summed E-state index contributed by atoms with van der Waals surface area (Å²) in [5.41, 5.74) is 0.815. The van der Waals surface area contributed by atoms with Gasteiger partial charge >= 0.3 is 0 Å². The molecule has 0 radical (unpaired) electrons. The topological polar surface area (TPSA) is 75.4 Å². The molecule has 7 heteroatoms. The van der Waals surface area contributed by atoms with Gasteiger partial charge in [-0.1, -0.05) is 35.8 Å². The molecule has 1 atom stereocenters. The number of aryl methyl sites for hydroxylation is 1. The molecule has 1 aromatic heterocycles. The molecule has 0 spiro atoms. The zero-order chi connectivity index (χ0) is 18.5. The second-order valence-electron chi connectivity index (χ2n) is 6.48. The highest BCUT2D eigenvalue weighted by atomic mass is 35.5. The van der Waals surface area contributed by atoms with Crippen molar-refractivity contribution in [2.24, 2.45) is 5.92 Å². The van der Waals surface area contributed by atoms with Crippen LogP contribution in [-0.2, 0) is 6.42 Å². The molecule has 0 bridgehead atoms. The smallest absolute Gasteiger partial charge is 0.276 e. The fraction of sp³-hybridized carbons (Fsp3) is 0.421. The van der Waals surface area contributed by atoms with Gasteiger partial charge in [0.15, 0.2) is 5.69 Å². The molecular weight excluding hydrogens is 354 g/mol. The number of piperidine rings is 1. The minimum absolute atomic E-state index is 0.115.